The molecule has 0 N–H and O–H groups in total. The zero-order valence-electron chi connectivity index (χ0n) is 21.5. The Balaban J connectivity index is 3.11. The number of hydrogen-bond donors (Lipinski definition) is 0. The third-order valence-corrected chi connectivity index (χ3v) is 11.9. The van der Waals surface area contributed by atoms with Crippen molar-refractivity contribution in [1.82, 2.24) is 0 Å². The van der Waals surface area contributed by atoms with Gasteiger partial charge in [-0.2, -0.15) is 0 Å². The molecule has 0 spiro atoms. The molecule has 32 heavy (non-hydrogen) atoms. The van der Waals surface area contributed by atoms with Gasteiger partial charge in [0.15, 0.2) is 8.32 Å². The first-order valence-electron chi connectivity index (χ1n) is 11.7. The lowest BCUT2D eigenvalue weighted by Gasteiger charge is -2.43. The molecular weight excluding hydrogens is 527 g/mol. The van der Waals surface area contributed by atoms with E-state index in [1.807, 2.05) is 24.3 Å². The number of halogens is 1. The lowest BCUT2D eigenvalue weighted by molar-refractivity contribution is -0.0539. The minimum Gasteiger partial charge on any atom is -0.497 e. The molecule has 182 valence electrons. The molecule has 0 aliphatic carbocycles. The third kappa shape index (κ3) is 9.32. The molecule has 0 heterocycles. The van der Waals surface area contributed by atoms with Crippen molar-refractivity contribution in [3.8, 4) is 5.75 Å². The monoisotopic (exact) mass is 572 g/mol. The molecule has 0 saturated heterocycles. The van der Waals surface area contributed by atoms with Crippen LogP contribution in [0.25, 0.3) is 0 Å². The van der Waals surface area contributed by atoms with E-state index < -0.39 is 8.32 Å². The van der Waals surface area contributed by atoms with Crippen LogP contribution in [0.1, 0.15) is 53.0 Å². The van der Waals surface area contributed by atoms with Crippen molar-refractivity contribution in [2.45, 2.75) is 84.4 Å². The molecule has 0 saturated carbocycles. The summed E-state index contributed by atoms with van der Waals surface area (Å²) < 4.78 is 20.0. The highest BCUT2D eigenvalue weighted by molar-refractivity contribution is 14.1. The van der Waals surface area contributed by atoms with Crippen LogP contribution in [0.2, 0.25) is 18.1 Å². The maximum absolute atomic E-state index is 6.98. The Labute approximate surface area is 212 Å². The van der Waals surface area contributed by atoms with Crippen molar-refractivity contribution >= 4 is 30.9 Å². The SMILES string of the molecule is C=C/C=C\[C@H](C)[C@H](OCc1ccc(OC)cc1)[C@@H](C)[C@@H](CCCI)O[Si](C)(C)C(C)(C)C. The maximum Gasteiger partial charge on any atom is 0.192 e. The second kappa shape index (κ2) is 13.9. The second-order valence-electron chi connectivity index (χ2n) is 10.2. The Hall–Kier alpha value is -0.633. The predicted molar refractivity (Wildman–Crippen MR) is 149 cm³/mol. The largest absolute Gasteiger partial charge is 0.497 e. The van der Waals surface area contributed by atoms with Crippen LogP contribution in [0.5, 0.6) is 5.75 Å². The van der Waals surface area contributed by atoms with E-state index in [0.717, 1.165) is 28.6 Å². The summed E-state index contributed by atoms with van der Waals surface area (Å²) in [6.07, 6.45) is 8.52. The highest BCUT2D eigenvalue weighted by Crippen LogP contribution is 2.39. The zero-order chi connectivity index (χ0) is 24.4. The molecule has 0 unspecified atom stereocenters. The smallest absolute Gasteiger partial charge is 0.192 e. The normalized spacial score (nSPS) is 16.5. The van der Waals surface area contributed by atoms with Crippen LogP contribution < -0.4 is 4.74 Å². The van der Waals surface area contributed by atoms with Gasteiger partial charge in [0.05, 0.1) is 25.9 Å². The molecule has 0 bridgehead atoms. The number of hydrogen-bond acceptors (Lipinski definition) is 3. The summed E-state index contributed by atoms with van der Waals surface area (Å²) in [4.78, 5) is 0. The summed E-state index contributed by atoms with van der Waals surface area (Å²) in [6, 6.07) is 8.12. The molecule has 0 aromatic heterocycles. The Morgan fingerprint density at radius 2 is 1.75 bits per heavy atom. The number of benzene rings is 1. The summed E-state index contributed by atoms with van der Waals surface area (Å²) >= 11 is 2.47. The first-order valence-corrected chi connectivity index (χ1v) is 16.2. The highest BCUT2D eigenvalue weighted by atomic mass is 127. The number of allylic oxidation sites excluding steroid dienone is 2. The Bertz CT molecular complexity index is 694. The van der Waals surface area contributed by atoms with Gasteiger partial charge < -0.3 is 13.9 Å². The van der Waals surface area contributed by atoms with Gasteiger partial charge in [-0.05, 0) is 53.1 Å². The van der Waals surface area contributed by atoms with Crippen LogP contribution in [0, 0.1) is 11.8 Å². The van der Waals surface area contributed by atoms with Gasteiger partial charge in [-0.25, -0.2) is 0 Å². The van der Waals surface area contributed by atoms with Crippen LogP contribution in [0.4, 0.5) is 0 Å². The van der Waals surface area contributed by atoms with Gasteiger partial charge in [0, 0.05) is 11.8 Å². The molecule has 1 aromatic rings. The van der Waals surface area contributed by atoms with Gasteiger partial charge in [-0.15, -0.1) is 0 Å². The fourth-order valence-corrected chi connectivity index (χ4v) is 5.42. The summed E-state index contributed by atoms with van der Waals surface area (Å²) in [5, 5.41) is 0.184. The third-order valence-electron chi connectivity index (χ3n) is 6.65. The van der Waals surface area contributed by atoms with Crippen molar-refractivity contribution in [3.63, 3.8) is 0 Å². The fourth-order valence-electron chi connectivity index (χ4n) is 3.53. The molecule has 5 heteroatoms. The number of alkyl halides is 1. The number of ether oxygens (including phenoxy) is 2. The van der Waals surface area contributed by atoms with Gasteiger partial charge in [0.2, 0.25) is 0 Å². The molecule has 0 aliphatic rings. The quantitative estimate of drug-likeness (QED) is 0.0974. The van der Waals surface area contributed by atoms with Crippen LogP contribution in [-0.2, 0) is 15.8 Å². The molecule has 4 atom stereocenters. The van der Waals surface area contributed by atoms with Gasteiger partial charge in [-0.1, -0.05) is 94.1 Å². The van der Waals surface area contributed by atoms with Crippen LogP contribution in [-0.4, -0.2) is 32.1 Å². The van der Waals surface area contributed by atoms with Crippen molar-refractivity contribution in [2.75, 3.05) is 11.5 Å². The molecule has 0 radical (unpaired) electrons. The van der Waals surface area contributed by atoms with Gasteiger partial charge in [0.1, 0.15) is 5.75 Å². The number of rotatable bonds is 14. The number of methoxy groups -OCH3 is 1. The molecule has 0 fully saturated rings. The van der Waals surface area contributed by atoms with E-state index >= 15 is 0 Å². The summed E-state index contributed by atoms with van der Waals surface area (Å²) in [5.74, 6) is 1.39. The Kier molecular flexibility index (Phi) is 12.8. The van der Waals surface area contributed by atoms with Crippen molar-refractivity contribution < 1.29 is 13.9 Å². The van der Waals surface area contributed by atoms with E-state index in [4.69, 9.17) is 13.9 Å². The topological polar surface area (TPSA) is 27.7 Å². The lowest BCUT2D eigenvalue weighted by atomic mass is 9.87. The molecule has 0 amide bonds. The maximum atomic E-state index is 6.98. The van der Waals surface area contributed by atoms with Gasteiger partial charge in [0.25, 0.3) is 0 Å². The van der Waals surface area contributed by atoms with Gasteiger partial charge in [-0.3, -0.25) is 0 Å². The van der Waals surface area contributed by atoms with Crippen molar-refractivity contribution in [1.29, 1.82) is 0 Å². The Morgan fingerprint density at radius 3 is 2.25 bits per heavy atom. The van der Waals surface area contributed by atoms with Crippen LogP contribution in [0.15, 0.2) is 49.1 Å². The summed E-state index contributed by atoms with van der Waals surface area (Å²) in [5.41, 5.74) is 1.15. The molecule has 1 aromatic carbocycles. The Morgan fingerprint density at radius 1 is 1.12 bits per heavy atom. The van der Waals surface area contributed by atoms with E-state index in [2.05, 4.69) is 95.1 Å². The second-order valence-corrected chi connectivity index (χ2v) is 16.0. The highest BCUT2D eigenvalue weighted by Gasteiger charge is 2.41. The summed E-state index contributed by atoms with van der Waals surface area (Å²) in [6.45, 7) is 20.6. The van der Waals surface area contributed by atoms with E-state index in [1.54, 1.807) is 7.11 Å². The van der Waals surface area contributed by atoms with Crippen molar-refractivity contribution in [2.24, 2.45) is 11.8 Å². The van der Waals surface area contributed by atoms with E-state index in [1.165, 1.54) is 0 Å². The minimum atomic E-state index is -1.89. The van der Waals surface area contributed by atoms with Crippen molar-refractivity contribution in [3.05, 3.63) is 54.6 Å². The average molecular weight is 573 g/mol. The summed E-state index contributed by atoms with van der Waals surface area (Å²) in [7, 11) is -0.201. The average Bonchev–Trinajstić information content (AvgIpc) is 2.74. The molecule has 1 rings (SSSR count). The lowest BCUT2D eigenvalue weighted by Crippen LogP contribution is -2.48. The predicted octanol–water partition coefficient (Wildman–Crippen LogP) is 8.20. The first-order chi connectivity index (χ1) is 15.0. The van der Waals surface area contributed by atoms with E-state index in [9.17, 15) is 0 Å². The van der Waals surface area contributed by atoms with Gasteiger partial charge >= 0.3 is 0 Å². The van der Waals surface area contributed by atoms with E-state index in [0.29, 0.717) is 6.61 Å². The minimum absolute atomic E-state index is 0.0530. The van der Waals surface area contributed by atoms with Crippen LogP contribution in [0.3, 0.4) is 0 Å². The molecule has 0 aliphatic heterocycles. The molecular formula is C27H45IO3Si. The molecule has 3 nitrogen and oxygen atoms in total. The van der Waals surface area contributed by atoms with E-state index in [-0.39, 0.29) is 29.1 Å². The zero-order valence-corrected chi connectivity index (χ0v) is 24.6. The standard InChI is InChI=1S/C27H45IO3Si/c1-10-11-13-21(2)26(30-20-23-15-17-24(29-7)18-16-23)22(3)25(14-12-19-28)31-32(8,9)27(4,5)6/h10-11,13,15-18,21-22,25-26H,1,12,14,19-20H2,2-9H3/b13-11-/t21-,22-,25+,26-/m0/s1. The van der Waals surface area contributed by atoms with Crippen LogP contribution >= 0.6 is 22.6 Å². The fraction of sp³-hybridized carbons (Fsp3) is 0.630. The first kappa shape index (κ1) is 29.4.